The standard InChI is InChI=1S/C25H23ClN4O2/c1-14-4-9-18(10-5-14)30-24-23(15(2)29-30)19(13-21(28-24)16-6-7-16)25(31)27-17-8-11-22(32-3)20(26)12-17/h4-5,8-13,16H,6-7H2,1-3H3,(H,27,31). The van der Waals surface area contributed by atoms with Crippen molar-refractivity contribution in [3.63, 3.8) is 0 Å². The first kappa shape index (κ1) is 20.5. The highest BCUT2D eigenvalue weighted by molar-refractivity contribution is 6.32. The highest BCUT2D eigenvalue weighted by atomic mass is 35.5. The van der Waals surface area contributed by atoms with Crippen LogP contribution in [-0.2, 0) is 0 Å². The normalized spacial score (nSPS) is 13.4. The molecule has 0 radical (unpaired) electrons. The lowest BCUT2D eigenvalue weighted by Gasteiger charge is -2.11. The Labute approximate surface area is 191 Å². The van der Waals surface area contributed by atoms with Gasteiger partial charge < -0.3 is 10.1 Å². The quantitative estimate of drug-likeness (QED) is 0.418. The van der Waals surface area contributed by atoms with Crippen molar-refractivity contribution in [2.75, 3.05) is 12.4 Å². The Morgan fingerprint density at radius 2 is 1.88 bits per heavy atom. The summed E-state index contributed by atoms with van der Waals surface area (Å²) in [6.07, 6.45) is 2.18. The summed E-state index contributed by atoms with van der Waals surface area (Å²) in [4.78, 5) is 18.3. The zero-order valence-corrected chi connectivity index (χ0v) is 18.9. The fourth-order valence-electron chi connectivity index (χ4n) is 3.88. The summed E-state index contributed by atoms with van der Waals surface area (Å²) in [5, 5.41) is 8.90. The van der Waals surface area contributed by atoms with Gasteiger partial charge in [-0.2, -0.15) is 5.10 Å². The summed E-state index contributed by atoms with van der Waals surface area (Å²) in [7, 11) is 1.56. The van der Waals surface area contributed by atoms with Gasteiger partial charge >= 0.3 is 0 Å². The van der Waals surface area contributed by atoms with Crippen LogP contribution in [0.25, 0.3) is 16.7 Å². The summed E-state index contributed by atoms with van der Waals surface area (Å²) < 4.78 is 7.03. The highest BCUT2D eigenvalue weighted by Gasteiger charge is 2.29. The van der Waals surface area contributed by atoms with E-state index < -0.39 is 0 Å². The zero-order chi connectivity index (χ0) is 22.4. The van der Waals surface area contributed by atoms with E-state index in [1.165, 1.54) is 5.56 Å². The summed E-state index contributed by atoms with van der Waals surface area (Å²) in [5.41, 5.74) is 5.65. The molecule has 1 aliphatic rings. The molecule has 0 spiro atoms. The van der Waals surface area contributed by atoms with E-state index in [0.29, 0.717) is 33.6 Å². The number of fused-ring (bicyclic) bond motifs is 1. The number of aryl methyl sites for hydroxylation is 2. The van der Waals surface area contributed by atoms with Gasteiger partial charge in [0.05, 0.1) is 34.5 Å². The van der Waals surface area contributed by atoms with Crippen LogP contribution in [0.1, 0.15) is 46.1 Å². The second kappa shape index (κ2) is 7.95. The molecule has 2 heterocycles. The van der Waals surface area contributed by atoms with Crippen LogP contribution in [-0.4, -0.2) is 27.8 Å². The van der Waals surface area contributed by atoms with E-state index in [9.17, 15) is 4.79 Å². The Morgan fingerprint density at radius 3 is 2.53 bits per heavy atom. The van der Waals surface area contributed by atoms with Gasteiger partial charge in [-0.3, -0.25) is 4.79 Å². The number of benzene rings is 2. The number of ether oxygens (including phenoxy) is 1. The van der Waals surface area contributed by atoms with E-state index in [1.54, 1.807) is 25.3 Å². The van der Waals surface area contributed by atoms with Crippen molar-refractivity contribution < 1.29 is 9.53 Å². The van der Waals surface area contributed by atoms with Crippen molar-refractivity contribution in [2.45, 2.75) is 32.6 Å². The molecule has 1 amide bonds. The largest absolute Gasteiger partial charge is 0.495 e. The Morgan fingerprint density at radius 1 is 1.12 bits per heavy atom. The average molecular weight is 447 g/mol. The summed E-state index contributed by atoms with van der Waals surface area (Å²) in [5.74, 6) is 0.734. The monoisotopic (exact) mass is 446 g/mol. The number of halogens is 1. The van der Waals surface area contributed by atoms with Crippen molar-refractivity contribution in [2.24, 2.45) is 0 Å². The lowest BCUT2D eigenvalue weighted by atomic mass is 10.1. The number of carbonyl (C=O) groups is 1. The fraction of sp³-hybridized carbons (Fsp3) is 0.240. The Bertz CT molecular complexity index is 1340. The van der Waals surface area contributed by atoms with Gasteiger partial charge in [0.25, 0.3) is 5.91 Å². The molecule has 0 aliphatic heterocycles. The number of amides is 1. The van der Waals surface area contributed by atoms with Crippen LogP contribution >= 0.6 is 11.6 Å². The van der Waals surface area contributed by atoms with Gasteiger partial charge in [0.1, 0.15) is 5.75 Å². The van der Waals surface area contributed by atoms with E-state index in [-0.39, 0.29) is 5.91 Å². The number of pyridine rings is 1. The van der Waals surface area contributed by atoms with Crippen LogP contribution in [0.2, 0.25) is 5.02 Å². The number of carbonyl (C=O) groups excluding carboxylic acids is 1. The van der Waals surface area contributed by atoms with Gasteiger partial charge in [-0.25, -0.2) is 9.67 Å². The molecule has 0 bridgehead atoms. The molecular formula is C25H23ClN4O2. The number of hydrogen-bond acceptors (Lipinski definition) is 4. The predicted octanol–water partition coefficient (Wildman–Crippen LogP) is 5.83. The maximum Gasteiger partial charge on any atom is 0.256 e. The molecule has 1 saturated carbocycles. The molecule has 7 heteroatoms. The van der Waals surface area contributed by atoms with Gasteiger partial charge in [-0.05, 0) is 63.1 Å². The molecule has 5 rings (SSSR count). The van der Waals surface area contributed by atoms with Crippen LogP contribution in [0.4, 0.5) is 5.69 Å². The highest BCUT2D eigenvalue weighted by Crippen LogP contribution is 2.41. The molecule has 0 saturated heterocycles. The molecule has 1 N–H and O–H groups in total. The number of nitrogens with one attached hydrogen (secondary N) is 1. The molecule has 2 aromatic carbocycles. The minimum absolute atomic E-state index is 0.216. The molecule has 32 heavy (non-hydrogen) atoms. The molecule has 0 unspecified atom stereocenters. The summed E-state index contributed by atoms with van der Waals surface area (Å²) >= 11 is 6.24. The van der Waals surface area contributed by atoms with Gasteiger partial charge in [0.15, 0.2) is 5.65 Å². The van der Waals surface area contributed by atoms with Gasteiger partial charge in [-0.1, -0.05) is 29.3 Å². The lowest BCUT2D eigenvalue weighted by Crippen LogP contribution is -2.14. The first-order valence-electron chi connectivity index (χ1n) is 10.6. The van der Waals surface area contributed by atoms with Crippen molar-refractivity contribution in [3.05, 3.63) is 76.1 Å². The molecule has 1 fully saturated rings. The van der Waals surface area contributed by atoms with Crippen molar-refractivity contribution >= 4 is 34.2 Å². The molecule has 1 aliphatic carbocycles. The first-order valence-corrected chi connectivity index (χ1v) is 10.9. The molecule has 2 aromatic heterocycles. The number of aromatic nitrogens is 3. The van der Waals surface area contributed by atoms with E-state index in [4.69, 9.17) is 26.4 Å². The number of rotatable bonds is 5. The van der Waals surface area contributed by atoms with E-state index in [1.807, 2.05) is 48.9 Å². The lowest BCUT2D eigenvalue weighted by molar-refractivity contribution is 0.102. The second-order valence-electron chi connectivity index (χ2n) is 8.20. The van der Waals surface area contributed by atoms with Crippen molar-refractivity contribution in [1.82, 2.24) is 14.8 Å². The number of hydrogen-bond donors (Lipinski definition) is 1. The topological polar surface area (TPSA) is 69.0 Å². The first-order chi connectivity index (χ1) is 15.4. The molecule has 0 atom stereocenters. The Kier molecular flexibility index (Phi) is 5.10. The fourth-order valence-corrected chi connectivity index (χ4v) is 4.14. The van der Waals surface area contributed by atoms with Crippen molar-refractivity contribution in [3.8, 4) is 11.4 Å². The number of methoxy groups -OCH3 is 1. The molecule has 162 valence electrons. The smallest absolute Gasteiger partial charge is 0.256 e. The van der Waals surface area contributed by atoms with Crippen LogP contribution < -0.4 is 10.1 Å². The summed E-state index contributed by atoms with van der Waals surface area (Å²) in [6, 6.07) is 15.2. The molecule has 6 nitrogen and oxygen atoms in total. The maximum atomic E-state index is 13.4. The van der Waals surface area contributed by atoms with Crippen LogP contribution in [0, 0.1) is 13.8 Å². The summed E-state index contributed by atoms with van der Waals surface area (Å²) in [6.45, 7) is 3.96. The minimum atomic E-state index is -0.216. The second-order valence-corrected chi connectivity index (χ2v) is 8.61. The SMILES string of the molecule is COc1ccc(NC(=O)c2cc(C3CC3)nc3c2c(C)nn3-c2ccc(C)cc2)cc1Cl. The van der Waals surface area contributed by atoms with Crippen molar-refractivity contribution in [1.29, 1.82) is 0 Å². The Balaban J connectivity index is 1.61. The van der Waals surface area contributed by atoms with Gasteiger partial charge in [0.2, 0.25) is 0 Å². The molecule has 4 aromatic rings. The van der Waals surface area contributed by atoms with Gasteiger partial charge in [0, 0.05) is 17.3 Å². The third kappa shape index (κ3) is 3.71. The van der Waals surface area contributed by atoms with Gasteiger partial charge in [-0.15, -0.1) is 0 Å². The van der Waals surface area contributed by atoms with E-state index >= 15 is 0 Å². The van der Waals surface area contributed by atoms with Crippen LogP contribution in [0.3, 0.4) is 0 Å². The third-order valence-electron chi connectivity index (χ3n) is 5.76. The van der Waals surface area contributed by atoms with E-state index in [2.05, 4.69) is 5.32 Å². The van der Waals surface area contributed by atoms with E-state index in [0.717, 1.165) is 35.3 Å². The van der Waals surface area contributed by atoms with Crippen LogP contribution in [0.15, 0.2) is 48.5 Å². The van der Waals surface area contributed by atoms with Crippen LogP contribution in [0.5, 0.6) is 5.75 Å². The third-order valence-corrected chi connectivity index (χ3v) is 6.06. The zero-order valence-electron chi connectivity index (χ0n) is 18.1. The maximum absolute atomic E-state index is 13.4. The number of nitrogens with zero attached hydrogens (tertiary/aromatic N) is 3. The minimum Gasteiger partial charge on any atom is -0.495 e. The number of anilines is 1. The molecular weight excluding hydrogens is 424 g/mol. The average Bonchev–Trinajstić information content (AvgIpc) is 3.58. The Hall–Kier alpha value is -3.38. The predicted molar refractivity (Wildman–Crippen MR) is 126 cm³/mol.